The summed E-state index contributed by atoms with van der Waals surface area (Å²) >= 11 is 4.97. The van der Waals surface area contributed by atoms with E-state index in [1.807, 2.05) is 12.1 Å². The standard InChI is InChI=1S/C13H13BrN2O2S/c1-18-8-2-4-10(11(15)6-8)13(17)16-7-9-3-5-12(14)19-9/h2-6H,7,15H2,1H3,(H,16,17). The van der Waals surface area contributed by atoms with E-state index in [0.717, 1.165) is 8.66 Å². The van der Waals surface area contributed by atoms with Gasteiger partial charge in [-0.05, 0) is 40.2 Å². The minimum Gasteiger partial charge on any atom is -0.497 e. The van der Waals surface area contributed by atoms with Crippen molar-refractivity contribution in [2.45, 2.75) is 6.54 Å². The van der Waals surface area contributed by atoms with Crippen LogP contribution in [0.4, 0.5) is 5.69 Å². The van der Waals surface area contributed by atoms with Gasteiger partial charge in [-0.3, -0.25) is 4.79 Å². The Morgan fingerprint density at radius 2 is 2.21 bits per heavy atom. The van der Waals surface area contributed by atoms with Gasteiger partial charge in [0, 0.05) is 16.6 Å². The lowest BCUT2D eigenvalue weighted by Crippen LogP contribution is -2.23. The molecule has 0 atom stereocenters. The Bertz CT molecular complexity index is 598. The number of nitrogens with one attached hydrogen (secondary N) is 1. The second kappa shape index (κ2) is 6.08. The molecular weight excluding hydrogens is 328 g/mol. The number of ether oxygens (including phenoxy) is 1. The Morgan fingerprint density at radius 3 is 2.79 bits per heavy atom. The monoisotopic (exact) mass is 340 g/mol. The summed E-state index contributed by atoms with van der Waals surface area (Å²) < 4.78 is 6.09. The molecule has 0 bridgehead atoms. The first-order valence-electron chi connectivity index (χ1n) is 5.56. The molecule has 3 N–H and O–H groups in total. The molecule has 0 radical (unpaired) electrons. The predicted octanol–water partition coefficient (Wildman–Crippen LogP) is 3.03. The molecule has 6 heteroatoms. The zero-order valence-electron chi connectivity index (χ0n) is 10.3. The lowest BCUT2D eigenvalue weighted by molar-refractivity contribution is 0.0952. The van der Waals surface area contributed by atoms with Crippen molar-refractivity contribution in [3.8, 4) is 5.75 Å². The van der Waals surface area contributed by atoms with E-state index in [2.05, 4.69) is 21.2 Å². The maximum atomic E-state index is 12.0. The van der Waals surface area contributed by atoms with Gasteiger partial charge in [-0.1, -0.05) is 0 Å². The highest BCUT2D eigenvalue weighted by Crippen LogP contribution is 2.22. The van der Waals surface area contributed by atoms with Gasteiger partial charge >= 0.3 is 0 Å². The number of anilines is 1. The molecule has 0 spiro atoms. The second-order valence-electron chi connectivity index (χ2n) is 3.84. The fourth-order valence-corrected chi connectivity index (χ4v) is 3.01. The summed E-state index contributed by atoms with van der Waals surface area (Å²) in [6, 6.07) is 8.93. The number of amides is 1. The highest BCUT2D eigenvalue weighted by atomic mass is 79.9. The van der Waals surface area contributed by atoms with E-state index in [-0.39, 0.29) is 5.91 Å². The molecule has 19 heavy (non-hydrogen) atoms. The van der Waals surface area contributed by atoms with E-state index < -0.39 is 0 Å². The maximum Gasteiger partial charge on any atom is 0.253 e. The molecule has 0 fully saturated rings. The Balaban J connectivity index is 2.03. The number of hydrogen-bond acceptors (Lipinski definition) is 4. The number of carbonyl (C=O) groups is 1. The van der Waals surface area contributed by atoms with Crippen LogP contribution >= 0.6 is 27.3 Å². The van der Waals surface area contributed by atoms with E-state index in [1.54, 1.807) is 36.6 Å². The summed E-state index contributed by atoms with van der Waals surface area (Å²) in [5.41, 5.74) is 6.69. The smallest absolute Gasteiger partial charge is 0.253 e. The Kier molecular flexibility index (Phi) is 4.44. The number of carbonyl (C=O) groups excluding carboxylic acids is 1. The molecule has 2 aromatic rings. The van der Waals surface area contributed by atoms with Gasteiger partial charge in [-0.25, -0.2) is 0 Å². The van der Waals surface area contributed by atoms with E-state index >= 15 is 0 Å². The highest BCUT2D eigenvalue weighted by molar-refractivity contribution is 9.11. The van der Waals surface area contributed by atoms with Crippen LogP contribution in [0.1, 0.15) is 15.2 Å². The molecule has 0 unspecified atom stereocenters. The summed E-state index contributed by atoms with van der Waals surface area (Å²) in [7, 11) is 1.56. The molecule has 1 aromatic carbocycles. The molecule has 0 aliphatic heterocycles. The fraction of sp³-hybridized carbons (Fsp3) is 0.154. The largest absolute Gasteiger partial charge is 0.497 e. The van der Waals surface area contributed by atoms with Gasteiger partial charge in [-0.2, -0.15) is 0 Å². The third-order valence-corrected chi connectivity index (χ3v) is 4.18. The first kappa shape index (κ1) is 13.9. The van der Waals surface area contributed by atoms with Crippen molar-refractivity contribution < 1.29 is 9.53 Å². The van der Waals surface area contributed by atoms with Crippen LogP contribution in [0.3, 0.4) is 0 Å². The van der Waals surface area contributed by atoms with E-state index in [1.165, 1.54) is 0 Å². The zero-order chi connectivity index (χ0) is 13.8. The highest BCUT2D eigenvalue weighted by Gasteiger charge is 2.10. The van der Waals surface area contributed by atoms with Gasteiger partial charge in [0.15, 0.2) is 0 Å². The van der Waals surface area contributed by atoms with Crippen LogP contribution in [0.15, 0.2) is 34.1 Å². The molecule has 1 aromatic heterocycles. The summed E-state index contributed by atoms with van der Waals surface area (Å²) in [6.07, 6.45) is 0. The van der Waals surface area contributed by atoms with Crippen molar-refractivity contribution in [1.29, 1.82) is 0 Å². The summed E-state index contributed by atoms with van der Waals surface area (Å²) in [5.74, 6) is 0.445. The van der Waals surface area contributed by atoms with Gasteiger partial charge in [0.1, 0.15) is 5.75 Å². The van der Waals surface area contributed by atoms with Gasteiger partial charge in [0.25, 0.3) is 5.91 Å². The van der Waals surface area contributed by atoms with Crippen LogP contribution < -0.4 is 15.8 Å². The lowest BCUT2D eigenvalue weighted by atomic mass is 10.1. The molecule has 0 saturated heterocycles. The van der Waals surface area contributed by atoms with Crippen LogP contribution in [-0.4, -0.2) is 13.0 Å². The fourth-order valence-electron chi connectivity index (χ4n) is 1.58. The lowest BCUT2D eigenvalue weighted by Gasteiger charge is -2.08. The molecule has 100 valence electrons. The Labute approximate surface area is 123 Å². The van der Waals surface area contributed by atoms with Gasteiger partial charge in [-0.15, -0.1) is 11.3 Å². The van der Waals surface area contributed by atoms with E-state index in [0.29, 0.717) is 23.5 Å². The molecule has 1 amide bonds. The molecule has 0 aliphatic carbocycles. The molecule has 0 saturated carbocycles. The number of nitrogens with two attached hydrogens (primary N) is 1. The van der Waals surface area contributed by atoms with Crippen LogP contribution in [0.5, 0.6) is 5.75 Å². The predicted molar refractivity (Wildman–Crippen MR) is 80.6 cm³/mol. The molecule has 0 aliphatic rings. The second-order valence-corrected chi connectivity index (χ2v) is 6.39. The van der Waals surface area contributed by atoms with Crippen LogP contribution in [0.25, 0.3) is 0 Å². The van der Waals surface area contributed by atoms with Crippen molar-refractivity contribution >= 4 is 38.9 Å². The van der Waals surface area contributed by atoms with Crippen molar-refractivity contribution in [3.05, 3.63) is 44.6 Å². The minimum atomic E-state index is -0.190. The van der Waals surface area contributed by atoms with Crippen molar-refractivity contribution in [2.75, 3.05) is 12.8 Å². The third kappa shape index (κ3) is 3.48. The van der Waals surface area contributed by atoms with Gasteiger partial charge in [0.05, 0.1) is 23.0 Å². The first-order valence-corrected chi connectivity index (χ1v) is 7.17. The number of thiophene rings is 1. The average Bonchev–Trinajstić information content (AvgIpc) is 2.81. The number of rotatable bonds is 4. The number of nitrogen functional groups attached to an aromatic ring is 1. The number of hydrogen-bond donors (Lipinski definition) is 2. The van der Waals surface area contributed by atoms with E-state index in [4.69, 9.17) is 10.5 Å². The number of halogens is 1. The molecule has 4 nitrogen and oxygen atoms in total. The van der Waals surface area contributed by atoms with Gasteiger partial charge < -0.3 is 15.8 Å². The average molecular weight is 341 g/mol. The van der Waals surface area contributed by atoms with Crippen molar-refractivity contribution in [2.24, 2.45) is 0 Å². The summed E-state index contributed by atoms with van der Waals surface area (Å²) in [6.45, 7) is 0.487. The Hall–Kier alpha value is -1.53. The number of methoxy groups -OCH3 is 1. The normalized spacial score (nSPS) is 10.2. The third-order valence-electron chi connectivity index (χ3n) is 2.56. The van der Waals surface area contributed by atoms with Crippen LogP contribution in [0.2, 0.25) is 0 Å². The van der Waals surface area contributed by atoms with Crippen molar-refractivity contribution in [1.82, 2.24) is 5.32 Å². The molecule has 1 heterocycles. The first-order chi connectivity index (χ1) is 9.10. The van der Waals surface area contributed by atoms with E-state index in [9.17, 15) is 4.79 Å². The SMILES string of the molecule is COc1ccc(C(=O)NCc2ccc(Br)s2)c(N)c1. The summed E-state index contributed by atoms with van der Waals surface area (Å²) in [5, 5.41) is 2.84. The molecular formula is C13H13BrN2O2S. The quantitative estimate of drug-likeness (QED) is 0.840. The number of benzene rings is 1. The Morgan fingerprint density at radius 1 is 1.42 bits per heavy atom. The zero-order valence-corrected chi connectivity index (χ0v) is 12.7. The van der Waals surface area contributed by atoms with Crippen molar-refractivity contribution in [3.63, 3.8) is 0 Å². The minimum absolute atomic E-state index is 0.190. The van der Waals surface area contributed by atoms with Crippen LogP contribution in [-0.2, 0) is 6.54 Å². The topological polar surface area (TPSA) is 64.3 Å². The maximum absolute atomic E-state index is 12.0. The van der Waals surface area contributed by atoms with Gasteiger partial charge in [0.2, 0.25) is 0 Å². The van der Waals surface area contributed by atoms with Crippen LogP contribution in [0, 0.1) is 0 Å². The molecule has 2 rings (SSSR count). The summed E-state index contributed by atoms with van der Waals surface area (Å²) in [4.78, 5) is 13.1.